The molecule has 0 aromatic heterocycles. The number of hydrogen-bond donors (Lipinski definition) is 3. The van der Waals surface area contributed by atoms with E-state index in [-0.39, 0.29) is 29.7 Å². The van der Waals surface area contributed by atoms with Crippen LogP contribution in [-0.2, 0) is 14.3 Å². The number of nitrogens with one attached hydrogen (secondary N) is 2. The summed E-state index contributed by atoms with van der Waals surface area (Å²) < 4.78 is 5.40. The third kappa shape index (κ3) is 4.17. The Kier molecular flexibility index (Phi) is 5.99. The predicted octanol–water partition coefficient (Wildman–Crippen LogP) is 0.618. The van der Waals surface area contributed by atoms with Crippen molar-refractivity contribution in [3.05, 3.63) is 0 Å². The zero-order chi connectivity index (χ0) is 15.2. The van der Waals surface area contributed by atoms with E-state index in [1.807, 2.05) is 0 Å². The lowest BCUT2D eigenvalue weighted by atomic mass is 9.95. The fraction of sp³-hybridized carbons (Fsp3) is 0.867. The Hall–Kier alpha value is -1.14. The van der Waals surface area contributed by atoms with Crippen LogP contribution in [0.1, 0.15) is 32.6 Å². The lowest BCUT2D eigenvalue weighted by Crippen LogP contribution is -2.45. The van der Waals surface area contributed by atoms with Gasteiger partial charge in [0.2, 0.25) is 5.91 Å². The molecule has 3 N–H and O–H groups in total. The van der Waals surface area contributed by atoms with Crippen LogP contribution in [0.3, 0.4) is 0 Å². The van der Waals surface area contributed by atoms with Crippen molar-refractivity contribution in [2.24, 2.45) is 17.8 Å². The van der Waals surface area contributed by atoms with Crippen LogP contribution in [-0.4, -0.2) is 49.3 Å². The number of hydrogen-bond acceptors (Lipinski definition) is 4. The molecular formula is C15H26N2O4. The lowest BCUT2D eigenvalue weighted by Gasteiger charge is -2.21. The van der Waals surface area contributed by atoms with Gasteiger partial charge in [0.25, 0.3) is 0 Å². The largest absolute Gasteiger partial charge is 0.481 e. The fourth-order valence-electron chi connectivity index (χ4n) is 3.31. The summed E-state index contributed by atoms with van der Waals surface area (Å²) in [5.74, 6) is -1.16. The molecule has 1 heterocycles. The molecule has 0 spiro atoms. The smallest absolute Gasteiger partial charge is 0.306 e. The molecule has 4 unspecified atom stereocenters. The molecule has 0 aromatic carbocycles. The van der Waals surface area contributed by atoms with Crippen molar-refractivity contribution in [1.29, 1.82) is 0 Å². The molecule has 1 aliphatic heterocycles. The van der Waals surface area contributed by atoms with Crippen LogP contribution in [0, 0.1) is 17.8 Å². The summed E-state index contributed by atoms with van der Waals surface area (Å²) in [5, 5.41) is 15.4. The summed E-state index contributed by atoms with van der Waals surface area (Å²) >= 11 is 0. The molecule has 1 saturated heterocycles. The van der Waals surface area contributed by atoms with E-state index in [2.05, 4.69) is 17.6 Å². The fourth-order valence-corrected chi connectivity index (χ4v) is 3.31. The van der Waals surface area contributed by atoms with E-state index >= 15 is 0 Å². The quantitative estimate of drug-likeness (QED) is 0.641. The van der Waals surface area contributed by atoms with E-state index in [1.54, 1.807) is 0 Å². The minimum absolute atomic E-state index is 0.0165. The first kappa shape index (κ1) is 16.2. The molecule has 1 saturated carbocycles. The molecule has 6 nitrogen and oxygen atoms in total. The van der Waals surface area contributed by atoms with Gasteiger partial charge in [-0.3, -0.25) is 9.59 Å². The van der Waals surface area contributed by atoms with E-state index < -0.39 is 5.97 Å². The normalized spacial score (nSPS) is 32.2. The second kappa shape index (κ2) is 7.75. The van der Waals surface area contributed by atoms with Crippen LogP contribution in [0.4, 0.5) is 0 Å². The highest BCUT2D eigenvalue weighted by Crippen LogP contribution is 2.31. The third-order valence-electron chi connectivity index (χ3n) is 4.59. The Balaban J connectivity index is 1.79. The van der Waals surface area contributed by atoms with Crippen LogP contribution >= 0.6 is 0 Å². The number of carbonyl (C=O) groups excluding carboxylic acids is 1. The van der Waals surface area contributed by atoms with E-state index in [4.69, 9.17) is 9.84 Å². The first-order valence-electron chi connectivity index (χ1n) is 7.95. The molecule has 0 bridgehead atoms. The molecule has 0 aromatic rings. The molecule has 0 radical (unpaired) electrons. The number of carbonyl (C=O) groups is 2. The zero-order valence-corrected chi connectivity index (χ0v) is 12.6. The highest BCUT2D eigenvalue weighted by Gasteiger charge is 2.36. The van der Waals surface area contributed by atoms with Gasteiger partial charge in [-0.1, -0.05) is 13.3 Å². The average Bonchev–Trinajstić information content (AvgIpc) is 3.11. The van der Waals surface area contributed by atoms with Gasteiger partial charge < -0.3 is 20.5 Å². The van der Waals surface area contributed by atoms with Crippen molar-refractivity contribution in [2.75, 3.05) is 26.3 Å². The van der Waals surface area contributed by atoms with E-state index in [0.29, 0.717) is 19.8 Å². The molecule has 2 fully saturated rings. The van der Waals surface area contributed by atoms with Crippen LogP contribution in [0.25, 0.3) is 0 Å². The monoisotopic (exact) mass is 298 g/mol. The lowest BCUT2D eigenvalue weighted by molar-refractivity contribution is -0.143. The van der Waals surface area contributed by atoms with Gasteiger partial charge in [0.15, 0.2) is 0 Å². The molecule has 21 heavy (non-hydrogen) atoms. The molecule has 1 aliphatic carbocycles. The number of amides is 1. The maximum Gasteiger partial charge on any atom is 0.306 e. The number of carboxylic acids is 1. The molecule has 1 amide bonds. The zero-order valence-electron chi connectivity index (χ0n) is 12.6. The second-order valence-electron chi connectivity index (χ2n) is 6.09. The summed E-state index contributed by atoms with van der Waals surface area (Å²) in [6, 6.07) is 0.0730. The van der Waals surface area contributed by atoms with Crippen LogP contribution in [0.5, 0.6) is 0 Å². The SMILES string of the molecule is CCCNC1COCC1C(=O)NCC1CCCC1C(=O)O. The van der Waals surface area contributed by atoms with Gasteiger partial charge in [0, 0.05) is 12.6 Å². The van der Waals surface area contributed by atoms with E-state index in [0.717, 1.165) is 32.2 Å². The maximum atomic E-state index is 12.3. The number of rotatable bonds is 7. The Labute approximate surface area is 125 Å². The van der Waals surface area contributed by atoms with Gasteiger partial charge in [-0.15, -0.1) is 0 Å². The Morgan fingerprint density at radius 2 is 2.05 bits per heavy atom. The van der Waals surface area contributed by atoms with Crippen molar-refractivity contribution in [3.8, 4) is 0 Å². The van der Waals surface area contributed by atoms with Crippen molar-refractivity contribution >= 4 is 11.9 Å². The summed E-state index contributed by atoms with van der Waals surface area (Å²) in [6.45, 7) is 4.44. The van der Waals surface area contributed by atoms with Crippen molar-refractivity contribution in [1.82, 2.24) is 10.6 Å². The van der Waals surface area contributed by atoms with Crippen molar-refractivity contribution in [2.45, 2.75) is 38.6 Å². The summed E-state index contributed by atoms with van der Waals surface area (Å²) in [7, 11) is 0. The topological polar surface area (TPSA) is 87.7 Å². The molecule has 120 valence electrons. The second-order valence-corrected chi connectivity index (χ2v) is 6.09. The van der Waals surface area contributed by atoms with E-state index in [1.165, 1.54) is 0 Å². The summed E-state index contributed by atoms with van der Waals surface area (Å²) in [4.78, 5) is 23.4. The number of carboxylic acid groups (broad SMARTS) is 1. The molecule has 4 atom stereocenters. The van der Waals surface area contributed by atoms with Crippen LogP contribution in [0.2, 0.25) is 0 Å². The minimum atomic E-state index is -0.738. The molecule has 2 rings (SSSR count). The highest BCUT2D eigenvalue weighted by atomic mass is 16.5. The Morgan fingerprint density at radius 1 is 1.24 bits per heavy atom. The van der Waals surface area contributed by atoms with Gasteiger partial charge in [0.1, 0.15) is 0 Å². The Bertz CT molecular complexity index is 375. The first-order chi connectivity index (χ1) is 10.1. The van der Waals surface area contributed by atoms with Crippen molar-refractivity contribution < 1.29 is 19.4 Å². The predicted molar refractivity (Wildman–Crippen MR) is 77.9 cm³/mol. The van der Waals surface area contributed by atoms with Gasteiger partial charge >= 0.3 is 5.97 Å². The third-order valence-corrected chi connectivity index (χ3v) is 4.59. The van der Waals surface area contributed by atoms with Gasteiger partial charge in [0.05, 0.1) is 25.0 Å². The van der Waals surface area contributed by atoms with Gasteiger partial charge in [-0.2, -0.15) is 0 Å². The number of ether oxygens (including phenoxy) is 1. The molecule has 2 aliphatic rings. The molecule has 6 heteroatoms. The number of aliphatic carboxylic acids is 1. The van der Waals surface area contributed by atoms with Crippen LogP contribution < -0.4 is 10.6 Å². The highest BCUT2D eigenvalue weighted by molar-refractivity contribution is 5.80. The maximum absolute atomic E-state index is 12.3. The van der Waals surface area contributed by atoms with Crippen molar-refractivity contribution in [3.63, 3.8) is 0 Å². The minimum Gasteiger partial charge on any atom is -0.481 e. The first-order valence-corrected chi connectivity index (χ1v) is 7.95. The average molecular weight is 298 g/mol. The Morgan fingerprint density at radius 3 is 2.76 bits per heavy atom. The summed E-state index contributed by atoms with van der Waals surface area (Å²) in [6.07, 6.45) is 3.57. The van der Waals surface area contributed by atoms with Crippen LogP contribution in [0.15, 0.2) is 0 Å². The van der Waals surface area contributed by atoms with Gasteiger partial charge in [-0.05, 0) is 31.7 Å². The summed E-state index contributed by atoms with van der Waals surface area (Å²) in [5.41, 5.74) is 0. The molecular weight excluding hydrogens is 272 g/mol. The van der Waals surface area contributed by atoms with E-state index in [9.17, 15) is 9.59 Å². The van der Waals surface area contributed by atoms with Gasteiger partial charge in [-0.25, -0.2) is 0 Å². The standard InChI is InChI=1S/C15H26N2O4/c1-2-6-16-13-9-21-8-12(13)14(18)17-7-10-4-3-5-11(10)15(19)20/h10-13,16H,2-9H2,1H3,(H,17,18)(H,19,20).